The Morgan fingerprint density at radius 3 is 2.81 bits per heavy atom. The van der Waals surface area contributed by atoms with Crippen LogP contribution in [-0.2, 0) is 4.74 Å². The third-order valence-electron chi connectivity index (χ3n) is 4.69. The average Bonchev–Trinajstić information content (AvgIpc) is 3.19. The number of nitrogen functional groups attached to an aromatic ring is 1. The lowest BCUT2D eigenvalue weighted by molar-refractivity contribution is 0.0448. The molecule has 1 saturated heterocycles. The predicted molar refractivity (Wildman–Crippen MR) is 101 cm³/mol. The van der Waals surface area contributed by atoms with E-state index in [0.29, 0.717) is 22.9 Å². The summed E-state index contributed by atoms with van der Waals surface area (Å²) in [5, 5.41) is 0. The fourth-order valence-electron chi connectivity index (χ4n) is 3.31. The molecule has 1 fully saturated rings. The largest absolute Gasteiger partial charge is 0.490 e. The highest BCUT2D eigenvalue weighted by Gasteiger charge is 2.27. The van der Waals surface area contributed by atoms with Crippen LogP contribution in [0, 0.1) is 5.92 Å². The van der Waals surface area contributed by atoms with Crippen LogP contribution < -0.4 is 5.73 Å². The molecule has 3 heterocycles. The van der Waals surface area contributed by atoms with E-state index in [-0.39, 0.29) is 6.10 Å². The minimum absolute atomic E-state index is 0.259. The van der Waals surface area contributed by atoms with Crippen LogP contribution in [0.4, 0.5) is 5.82 Å². The Bertz CT molecular complexity index is 932. The summed E-state index contributed by atoms with van der Waals surface area (Å²) >= 11 is 0. The molecule has 0 radical (unpaired) electrons. The third kappa shape index (κ3) is 3.44. The summed E-state index contributed by atoms with van der Waals surface area (Å²) in [6.45, 7) is 0. The van der Waals surface area contributed by atoms with Gasteiger partial charge in [-0.25, -0.2) is 15.0 Å². The molecule has 1 aliphatic heterocycles. The van der Waals surface area contributed by atoms with E-state index in [1.165, 1.54) is 30.4 Å². The summed E-state index contributed by atoms with van der Waals surface area (Å²) in [5.41, 5.74) is 8.07. The number of hydrogen-bond donors (Lipinski definition) is 2. The second-order valence-electron chi connectivity index (χ2n) is 6.38. The SMILES string of the molecule is C1=CCC2CCC(c3ccccc3)OC2=C1.Nc1ncnc2[nH]cnc12. The molecule has 0 spiro atoms. The number of aromatic nitrogens is 4. The topological polar surface area (TPSA) is 89.7 Å². The zero-order chi connectivity index (χ0) is 17.8. The van der Waals surface area contributed by atoms with Gasteiger partial charge in [0.1, 0.15) is 23.7 Å². The van der Waals surface area contributed by atoms with Crippen LogP contribution in [0.2, 0.25) is 0 Å². The molecule has 1 aliphatic carbocycles. The van der Waals surface area contributed by atoms with Gasteiger partial charge >= 0.3 is 0 Å². The van der Waals surface area contributed by atoms with Crippen LogP contribution in [0.25, 0.3) is 11.2 Å². The van der Waals surface area contributed by atoms with Gasteiger partial charge < -0.3 is 15.5 Å². The fourth-order valence-corrected chi connectivity index (χ4v) is 3.31. The number of anilines is 1. The molecule has 2 atom stereocenters. The summed E-state index contributed by atoms with van der Waals surface area (Å²) in [7, 11) is 0. The van der Waals surface area contributed by atoms with Gasteiger partial charge in [0.05, 0.1) is 6.33 Å². The Morgan fingerprint density at radius 1 is 1.08 bits per heavy atom. The molecule has 1 aromatic carbocycles. The fraction of sp³-hybridized carbons (Fsp3) is 0.250. The van der Waals surface area contributed by atoms with E-state index >= 15 is 0 Å². The minimum Gasteiger partial charge on any atom is -0.490 e. The summed E-state index contributed by atoms with van der Waals surface area (Å²) in [6, 6.07) is 10.5. The number of nitrogens with one attached hydrogen (secondary N) is 1. The molecule has 6 heteroatoms. The molecule has 0 amide bonds. The summed E-state index contributed by atoms with van der Waals surface area (Å²) in [6.07, 6.45) is 13.2. The number of imidazole rings is 1. The molecule has 0 bridgehead atoms. The Hall–Kier alpha value is -3.15. The number of nitrogens with two attached hydrogens (primary N) is 1. The second-order valence-corrected chi connectivity index (χ2v) is 6.38. The Balaban J connectivity index is 0.000000144. The first-order valence-electron chi connectivity index (χ1n) is 8.79. The molecule has 3 N–H and O–H groups in total. The normalized spacial score (nSPS) is 21.2. The number of nitrogens with zero attached hydrogens (tertiary/aromatic N) is 3. The van der Waals surface area contributed by atoms with Crippen molar-refractivity contribution in [2.24, 2.45) is 5.92 Å². The van der Waals surface area contributed by atoms with Crippen LogP contribution in [0.15, 0.2) is 67.0 Å². The number of benzene rings is 1. The first kappa shape index (κ1) is 16.3. The van der Waals surface area contributed by atoms with E-state index in [2.05, 4.69) is 68.5 Å². The maximum absolute atomic E-state index is 6.09. The number of allylic oxidation sites excluding steroid dienone is 4. The smallest absolute Gasteiger partial charge is 0.162 e. The average molecular weight is 347 g/mol. The Labute approximate surface area is 151 Å². The number of H-pyrrole nitrogens is 1. The number of rotatable bonds is 1. The van der Waals surface area contributed by atoms with E-state index in [1.54, 1.807) is 0 Å². The van der Waals surface area contributed by atoms with Crippen molar-refractivity contribution in [1.82, 2.24) is 19.9 Å². The highest BCUT2D eigenvalue weighted by Crippen LogP contribution is 2.39. The van der Waals surface area contributed by atoms with Crippen LogP contribution >= 0.6 is 0 Å². The van der Waals surface area contributed by atoms with Crippen molar-refractivity contribution >= 4 is 17.0 Å². The monoisotopic (exact) mass is 347 g/mol. The van der Waals surface area contributed by atoms with Gasteiger partial charge in [-0.15, -0.1) is 0 Å². The van der Waals surface area contributed by atoms with Crippen molar-refractivity contribution in [3.05, 3.63) is 72.5 Å². The molecule has 2 aliphatic rings. The summed E-state index contributed by atoms with van der Waals surface area (Å²) in [4.78, 5) is 14.4. The maximum Gasteiger partial charge on any atom is 0.162 e. The van der Waals surface area contributed by atoms with Gasteiger partial charge in [-0.1, -0.05) is 42.5 Å². The van der Waals surface area contributed by atoms with Crippen molar-refractivity contribution in [3.63, 3.8) is 0 Å². The lowest BCUT2D eigenvalue weighted by Gasteiger charge is -2.33. The van der Waals surface area contributed by atoms with Gasteiger partial charge in [0.25, 0.3) is 0 Å². The minimum atomic E-state index is 0.259. The molecule has 2 aromatic heterocycles. The maximum atomic E-state index is 6.09. The van der Waals surface area contributed by atoms with E-state index in [1.807, 2.05) is 0 Å². The molecular weight excluding hydrogens is 326 g/mol. The van der Waals surface area contributed by atoms with Crippen molar-refractivity contribution in [2.75, 3.05) is 5.73 Å². The van der Waals surface area contributed by atoms with Crippen molar-refractivity contribution in [2.45, 2.75) is 25.4 Å². The molecule has 5 rings (SSSR count). The standard InChI is InChI=1S/C15H16O.C5H5N5/c1-2-6-12(7-3-1)15-11-10-13-8-4-5-9-14(13)16-15;6-4-3-5(9-1-7-3)10-2-8-4/h1-7,9,13,15H,8,10-11H2;1-2H,(H3,6,7,8,9,10). The summed E-state index contributed by atoms with van der Waals surface area (Å²) in [5.74, 6) is 2.22. The van der Waals surface area contributed by atoms with Crippen LogP contribution in [-0.4, -0.2) is 19.9 Å². The van der Waals surface area contributed by atoms with E-state index < -0.39 is 0 Å². The van der Waals surface area contributed by atoms with Crippen LogP contribution in [0.1, 0.15) is 30.9 Å². The van der Waals surface area contributed by atoms with Crippen LogP contribution in [0.3, 0.4) is 0 Å². The molecular formula is C20H21N5O. The van der Waals surface area contributed by atoms with E-state index in [4.69, 9.17) is 10.5 Å². The number of hydrogen-bond acceptors (Lipinski definition) is 5. The zero-order valence-electron chi connectivity index (χ0n) is 14.4. The van der Waals surface area contributed by atoms with Crippen molar-refractivity contribution < 1.29 is 4.74 Å². The molecule has 2 unspecified atom stereocenters. The van der Waals surface area contributed by atoms with Crippen molar-refractivity contribution in [1.29, 1.82) is 0 Å². The lowest BCUT2D eigenvalue weighted by Crippen LogP contribution is -2.19. The molecule has 3 aromatic rings. The summed E-state index contributed by atoms with van der Waals surface area (Å²) < 4.78 is 6.09. The number of ether oxygens (including phenoxy) is 1. The van der Waals surface area contributed by atoms with Gasteiger partial charge in [0.15, 0.2) is 11.5 Å². The van der Waals surface area contributed by atoms with Gasteiger partial charge in [-0.3, -0.25) is 0 Å². The highest BCUT2D eigenvalue weighted by molar-refractivity contribution is 5.80. The molecule has 0 saturated carbocycles. The van der Waals surface area contributed by atoms with Gasteiger partial charge in [-0.05, 0) is 30.9 Å². The van der Waals surface area contributed by atoms with Gasteiger partial charge in [-0.2, -0.15) is 0 Å². The molecule has 26 heavy (non-hydrogen) atoms. The third-order valence-corrected chi connectivity index (χ3v) is 4.69. The van der Waals surface area contributed by atoms with Gasteiger partial charge in [0.2, 0.25) is 0 Å². The molecule has 6 nitrogen and oxygen atoms in total. The quantitative estimate of drug-likeness (QED) is 0.696. The number of aromatic amines is 1. The van der Waals surface area contributed by atoms with Crippen molar-refractivity contribution in [3.8, 4) is 0 Å². The predicted octanol–water partition coefficient (Wildman–Crippen LogP) is 3.93. The second kappa shape index (κ2) is 7.39. The zero-order valence-corrected chi connectivity index (χ0v) is 14.4. The van der Waals surface area contributed by atoms with E-state index in [9.17, 15) is 0 Å². The molecule has 132 valence electrons. The first-order chi connectivity index (χ1) is 12.8. The van der Waals surface area contributed by atoms with E-state index in [0.717, 1.165) is 12.8 Å². The van der Waals surface area contributed by atoms with Crippen LogP contribution in [0.5, 0.6) is 0 Å². The first-order valence-corrected chi connectivity index (χ1v) is 8.79. The Morgan fingerprint density at radius 2 is 1.96 bits per heavy atom. The number of fused-ring (bicyclic) bond motifs is 2. The van der Waals surface area contributed by atoms with Gasteiger partial charge in [0, 0.05) is 5.92 Å². The highest BCUT2D eigenvalue weighted by atomic mass is 16.5. The lowest BCUT2D eigenvalue weighted by atomic mass is 9.88. The Kier molecular flexibility index (Phi) is 4.64.